The molecular formula is C11H12N2O3. The molecule has 0 atom stereocenters. The van der Waals surface area contributed by atoms with E-state index in [1.807, 2.05) is 6.07 Å². The molecule has 0 saturated heterocycles. The van der Waals surface area contributed by atoms with Gasteiger partial charge in [-0.25, -0.2) is 0 Å². The molecule has 5 nitrogen and oxygen atoms in total. The van der Waals surface area contributed by atoms with E-state index >= 15 is 0 Å². The Bertz CT molecular complexity index is 494. The number of rotatable bonds is 3. The number of hydrogen-bond donors (Lipinski definition) is 0. The van der Waals surface area contributed by atoms with Gasteiger partial charge in [0.2, 0.25) is 0 Å². The first-order valence-electron chi connectivity index (χ1n) is 4.77. The fraction of sp³-hybridized carbons (Fsp3) is 0.273. The summed E-state index contributed by atoms with van der Waals surface area (Å²) in [5.74, 6) is 2.39. The first-order valence-corrected chi connectivity index (χ1v) is 4.77. The summed E-state index contributed by atoms with van der Waals surface area (Å²) in [4.78, 5) is 4.15. The molecule has 0 N–H and O–H groups in total. The first kappa shape index (κ1) is 10.5. The Hall–Kier alpha value is -2.04. The SMILES string of the molecule is COc1ccc(OC)c(-c2nc(C)no2)c1. The molecule has 0 unspecified atom stereocenters. The van der Waals surface area contributed by atoms with E-state index in [4.69, 9.17) is 14.0 Å². The van der Waals surface area contributed by atoms with Gasteiger partial charge in [0.1, 0.15) is 11.5 Å². The van der Waals surface area contributed by atoms with Gasteiger partial charge in [-0.2, -0.15) is 4.98 Å². The van der Waals surface area contributed by atoms with Crippen LogP contribution in [0.1, 0.15) is 5.82 Å². The lowest BCUT2D eigenvalue weighted by molar-refractivity contribution is 0.396. The average Bonchev–Trinajstić information content (AvgIpc) is 2.75. The lowest BCUT2D eigenvalue weighted by Gasteiger charge is -2.06. The van der Waals surface area contributed by atoms with Crippen LogP contribution in [0.3, 0.4) is 0 Å². The van der Waals surface area contributed by atoms with Crippen LogP contribution in [-0.2, 0) is 0 Å². The zero-order valence-electron chi connectivity index (χ0n) is 9.35. The Kier molecular flexibility index (Phi) is 2.76. The Morgan fingerprint density at radius 3 is 2.56 bits per heavy atom. The summed E-state index contributed by atoms with van der Waals surface area (Å²) in [6.07, 6.45) is 0. The maximum absolute atomic E-state index is 5.23. The van der Waals surface area contributed by atoms with E-state index in [9.17, 15) is 0 Å². The van der Waals surface area contributed by atoms with Crippen molar-refractivity contribution >= 4 is 0 Å². The highest BCUT2D eigenvalue weighted by Gasteiger charge is 2.13. The van der Waals surface area contributed by atoms with Crippen LogP contribution in [0.4, 0.5) is 0 Å². The van der Waals surface area contributed by atoms with Crippen molar-refractivity contribution in [2.24, 2.45) is 0 Å². The number of methoxy groups -OCH3 is 2. The van der Waals surface area contributed by atoms with Gasteiger partial charge in [0.25, 0.3) is 5.89 Å². The second-order valence-corrected chi connectivity index (χ2v) is 3.21. The molecule has 0 aliphatic carbocycles. The van der Waals surface area contributed by atoms with Crippen molar-refractivity contribution in [2.75, 3.05) is 14.2 Å². The summed E-state index contributed by atoms with van der Waals surface area (Å²) < 4.78 is 15.5. The van der Waals surface area contributed by atoms with Crippen LogP contribution in [0, 0.1) is 6.92 Å². The minimum atomic E-state index is 0.424. The molecule has 0 saturated carbocycles. The quantitative estimate of drug-likeness (QED) is 0.792. The van der Waals surface area contributed by atoms with Crippen molar-refractivity contribution < 1.29 is 14.0 Å². The van der Waals surface area contributed by atoms with Gasteiger partial charge >= 0.3 is 0 Å². The van der Waals surface area contributed by atoms with Crippen LogP contribution in [-0.4, -0.2) is 24.4 Å². The highest BCUT2D eigenvalue weighted by Crippen LogP contribution is 2.32. The molecule has 0 spiro atoms. The second kappa shape index (κ2) is 4.22. The third-order valence-electron chi connectivity index (χ3n) is 2.16. The molecule has 1 aromatic heterocycles. The Balaban J connectivity index is 2.52. The number of benzene rings is 1. The summed E-state index contributed by atoms with van der Waals surface area (Å²) in [6, 6.07) is 5.41. The molecule has 16 heavy (non-hydrogen) atoms. The Morgan fingerprint density at radius 1 is 1.19 bits per heavy atom. The number of ether oxygens (including phenoxy) is 2. The molecular weight excluding hydrogens is 208 g/mol. The van der Waals surface area contributed by atoms with E-state index in [0.717, 1.165) is 5.56 Å². The Labute approximate surface area is 93.0 Å². The van der Waals surface area contributed by atoms with Gasteiger partial charge in [0, 0.05) is 0 Å². The number of aromatic nitrogens is 2. The largest absolute Gasteiger partial charge is 0.497 e. The molecule has 1 aromatic carbocycles. The van der Waals surface area contributed by atoms with E-state index in [-0.39, 0.29) is 0 Å². The molecule has 1 heterocycles. The van der Waals surface area contributed by atoms with E-state index in [2.05, 4.69) is 10.1 Å². The predicted molar refractivity (Wildman–Crippen MR) is 57.6 cm³/mol. The van der Waals surface area contributed by atoms with E-state index in [1.165, 1.54) is 0 Å². The molecule has 84 valence electrons. The topological polar surface area (TPSA) is 57.4 Å². The summed E-state index contributed by atoms with van der Waals surface area (Å²) in [5.41, 5.74) is 0.724. The fourth-order valence-electron chi connectivity index (χ4n) is 1.39. The van der Waals surface area contributed by atoms with Gasteiger partial charge in [-0.15, -0.1) is 0 Å². The van der Waals surface area contributed by atoms with Crippen LogP contribution in [0.5, 0.6) is 11.5 Å². The van der Waals surface area contributed by atoms with Crippen molar-refractivity contribution in [3.63, 3.8) is 0 Å². The third kappa shape index (κ3) is 1.84. The monoisotopic (exact) mass is 220 g/mol. The van der Waals surface area contributed by atoms with Crippen molar-refractivity contribution in [1.82, 2.24) is 10.1 Å². The van der Waals surface area contributed by atoms with E-state index in [1.54, 1.807) is 33.3 Å². The van der Waals surface area contributed by atoms with Crippen LogP contribution < -0.4 is 9.47 Å². The molecule has 0 aliphatic rings. The van der Waals surface area contributed by atoms with Crippen LogP contribution >= 0.6 is 0 Å². The standard InChI is InChI=1S/C11H12N2O3/c1-7-12-11(16-13-7)9-6-8(14-2)4-5-10(9)15-3/h4-6H,1-3H3. The van der Waals surface area contributed by atoms with E-state index in [0.29, 0.717) is 23.2 Å². The van der Waals surface area contributed by atoms with Gasteiger partial charge in [-0.1, -0.05) is 5.16 Å². The highest BCUT2D eigenvalue weighted by atomic mass is 16.5. The molecule has 2 rings (SSSR count). The summed E-state index contributed by atoms with van der Waals surface area (Å²) in [7, 11) is 3.19. The summed E-state index contributed by atoms with van der Waals surface area (Å²) in [6.45, 7) is 1.76. The number of aryl methyl sites for hydroxylation is 1. The maximum Gasteiger partial charge on any atom is 0.261 e. The lowest BCUT2D eigenvalue weighted by Crippen LogP contribution is -1.90. The predicted octanol–water partition coefficient (Wildman–Crippen LogP) is 2.06. The molecule has 0 bridgehead atoms. The summed E-state index contributed by atoms with van der Waals surface area (Å²) >= 11 is 0. The van der Waals surface area contributed by atoms with Crippen molar-refractivity contribution in [3.05, 3.63) is 24.0 Å². The molecule has 0 fully saturated rings. The molecule has 0 amide bonds. The minimum Gasteiger partial charge on any atom is -0.497 e. The smallest absolute Gasteiger partial charge is 0.261 e. The maximum atomic E-state index is 5.23. The van der Waals surface area contributed by atoms with Crippen molar-refractivity contribution in [2.45, 2.75) is 6.92 Å². The second-order valence-electron chi connectivity index (χ2n) is 3.21. The average molecular weight is 220 g/mol. The molecule has 0 radical (unpaired) electrons. The van der Waals surface area contributed by atoms with Gasteiger partial charge < -0.3 is 14.0 Å². The van der Waals surface area contributed by atoms with Crippen LogP contribution in [0.15, 0.2) is 22.7 Å². The molecule has 0 aliphatic heterocycles. The lowest BCUT2D eigenvalue weighted by atomic mass is 10.2. The van der Waals surface area contributed by atoms with Gasteiger partial charge in [-0.05, 0) is 25.1 Å². The van der Waals surface area contributed by atoms with E-state index < -0.39 is 0 Å². The Morgan fingerprint density at radius 2 is 2.00 bits per heavy atom. The van der Waals surface area contributed by atoms with Crippen molar-refractivity contribution in [3.8, 4) is 23.0 Å². The van der Waals surface area contributed by atoms with Gasteiger partial charge in [-0.3, -0.25) is 0 Å². The normalized spacial score (nSPS) is 10.2. The van der Waals surface area contributed by atoms with Gasteiger partial charge in [0.05, 0.1) is 19.8 Å². The molecule has 2 aromatic rings. The van der Waals surface area contributed by atoms with Crippen molar-refractivity contribution in [1.29, 1.82) is 0 Å². The molecule has 5 heteroatoms. The number of nitrogens with zero attached hydrogens (tertiary/aromatic N) is 2. The van der Waals surface area contributed by atoms with Crippen LogP contribution in [0.2, 0.25) is 0 Å². The zero-order valence-corrected chi connectivity index (χ0v) is 9.35. The highest BCUT2D eigenvalue weighted by molar-refractivity contribution is 5.64. The van der Waals surface area contributed by atoms with Gasteiger partial charge in [0.15, 0.2) is 5.82 Å². The summed E-state index contributed by atoms with van der Waals surface area (Å²) in [5, 5.41) is 3.74. The van der Waals surface area contributed by atoms with Crippen LogP contribution in [0.25, 0.3) is 11.5 Å². The fourth-order valence-corrected chi connectivity index (χ4v) is 1.39. The first-order chi connectivity index (χ1) is 7.74. The zero-order chi connectivity index (χ0) is 11.5. The third-order valence-corrected chi connectivity index (χ3v) is 2.16. The minimum absolute atomic E-state index is 0.424. The number of hydrogen-bond acceptors (Lipinski definition) is 5.